The van der Waals surface area contributed by atoms with Crippen molar-refractivity contribution in [3.05, 3.63) is 29.8 Å². The average molecular weight is 402 g/mol. The van der Waals surface area contributed by atoms with Crippen molar-refractivity contribution in [3.63, 3.8) is 0 Å². The molecular formula is C22H30N2O5. The summed E-state index contributed by atoms with van der Waals surface area (Å²) in [5.41, 5.74) is -2.36. The second-order valence-corrected chi connectivity index (χ2v) is 8.91. The Morgan fingerprint density at radius 3 is 2.62 bits per heavy atom. The second kappa shape index (κ2) is 7.44. The van der Waals surface area contributed by atoms with Crippen LogP contribution in [0.4, 0.5) is 10.5 Å². The van der Waals surface area contributed by atoms with Crippen LogP contribution < -0.4 is 10.2 Å². The summed E-state index contributed by atoms with van der Waals surface area (Å²) in [6, 6.07) is 6.87. The summed E-state index contributed by atoms with van der Waals surface area (Å²) in [6.45, 7) is 7.69. The van der Waals surface area contributed by atoms with Crippen molar-refractivity contribution in [2.45, 2.75) is 71.1 Å². The molecule has 7 heteroatoms. The second-order valence-electron chi connectivity index (χ2n) is 8.91. The minimum absolute atomic E-state index is 0.234. The fourth-order valence-electron chi connectivity index (χ4n) is 4.58. The van der Waals surface area contributed by atoms with Gasteiger partial charge in [-0.2, -0.15) is 0 Å². The van der Waals surface area contributed by atoms with Crippen molar-refractivity contribution in [1.29, 1.82) is 0 Å². The van der Waals surface area contributed by atoms with Crippen molar-refractivity contribution in [2.24, 2.45) is 5.41 Å². The molecule has 1 fully saturated rings. The first-order chi connectivity index (χ1) is 13.6. The van der Waals surface area contributed by atoms with Crippen LogP contribution in [0.1, 0.15) is 70.2 Å². The van der Waals surface area contributed by atoms with Gasteiger partial charge in [0.2, 0.25) is 17.4 Å². The number of benzene rings is 1. The summed E-state index contributed by atoms with van der Waals surface area (Å²) in [5, 5.41) is 14.4. The van der Waals surface area contributed by atoms with Crippen LogP contribution in [0.25, 0.3) is 0 Å². The van der Waals surface area contributed by atoms with Crippen molar-refractivity contribution < 1.29 is 24.2 Å². The number of fused-ring (bicyclic) bond motifs is 3. The number of hydrogen-bond acceptors (Lipinski definition) is 5. The van der Waals surface area contributed by atoms with E-state index >= 15 is 0 Å². The number of Topliss-reactive ketones (excluding diaryl/α,β-unsaturated/α-hetero) is 1. The van der Waals surface area contributed by atoms with Gasteiger partial charge >= 0.3 is 6.09 Å². The molecule has 158 valence electrons. The minimum atomic E-state index is -1.88. The molecule has 2 unspecified atom stereocenters. The molecule has 0 radical (unpaired) electrons. The summed E-state index contributed by atoms with van der Waals surface area (Å²) in [6.07, 6.45) is 1.81. The van der Waals surface area contributed by atoms with Crippen molar-refractivity contribution in [3.8, 4) is 0 Å². The van der Waals surface area contributed by atoms with E-state index < -0.39 is 28.6 Å². The van der Waals surface area contributed by atoms with Gasteiger partial charge in [0.05, 0.1) is 5.69 Å². The van der Waals surface area contributed by atoms with Gasteiger partial charge in [0.25, 0.3) is 0 Å². The number of aliphatic hydroxyl groups is 1. The number of hydrogen-bond donors (Lipinski definition) is 2. The normalized spacial score (nSPS) is 26.2. The van der Waals surface area contributed by atoms with E-state index in [0.29, 0.717) is 43.5 Å². The molecule has 3 rings (SSSR count). The van der Waals surface area contributed by atoms with Gasteiger partial charge in [-0.25, -0.2) is 4.79 Å². The quantitative estimate of drug-likeness (QED) is 0.736. The number of ether oxygens (including phenoxy) is 1. The standard InChI is InChI=1S/C22H30N2O5/c1-5-21(12-8-14-23-19(27)29-20(2,3)4)13-11-17(25)24-16-10-7-6-9-15(16)18(26)22(21,24)28/h6-7,9-10,28H,5,8,11-14H2,1-4H3,(H,23,27). The molecule has 2 aliphatic heterocycles. The maximum Gasteiger partial charge on any atom is 0.407 e. The van der Waals surface area contributed by atoms with E-state index in [1.54, 1.807) is 45.0 Å². The predicted octanol–water partition coefficient (Wildman–Crippen LogP) is 3.40. The number of alkyl carbamates (subject to hydrolysis) is 1. The number of carbonyl (C=O) groups excluding carboxylic acids is 3. The number of nitrogens with zero attached hydrogens (tertiary/aromatic N) is 1. The molecule has 0 aromatic heterocycles. The van der Waals surface area contributed by atoms with E-state index in [1.807, 2.05) is 6.92 Å². The molecule has 2 heterocycles. The lowest BCUT2D eigenvalue weighted by Crippen LogP contribution is -2.67. The van der Waals surface area contributed by atoms with Gasteiger partial charge in [0.15, 0.2) is 0 Å². The van der Waals surface area contributed by atoms with Gasteiger partial charge in [-0.3, -0.25) is 14.5 Å². The van der Waals surface area contributed by atoms with E-state index in [1.165, 1.54) is 4.90 Å². The zero-order chi connectivity index (χ0) is 21.4. The van der Waals surface area contributed by atoms with Crippen LogP contribution in [0.2, 0.25) is 0 Å². The summed E-state index contributed by atoms with van der Waals surface area (Å²) in [5.74, 6) is -0.648. The highest BCUT2D eigenvalue weighted by molar-refractivity contribution is 6.20. The van der Waals surface area contributed by atoms with Gasteiger partial charge in [0, 0.05) is 23.9 Å². The summed E-state index contributed by atoms with van der Waals surface area (Å²) < 4.78 is 5.24. The number of anilines is 1. The Kier molecular flexibility index (Phi) is 5.47. The molecule has 1 aromatic carbocycles. The van der Waals surface area contributed by atoms with E-state index in [9.17, 15) is 19.5 Å². The number of rotatable bonds is 5. The third-order valence-corrected chi connectivity index (χ3v) is 6.01. The van der Waals surface area contributed by atoms with Crippen molar-refractivity contribution in [2.75, 3.05) is 11.4 Å². The highest BCUT2D eigenvalue weighted by Crippen LogP contribution is 2.55. The molecule has 1 saturated heterocycles. The number of amides is 2. The lowest BCUT2D eigenvalue weighted by Gasteiger charge is -2.51. The molecule has 29 heavy (non-hydrogen) atoms. The van der Waals surface area contributed by atoms with Gasteiger partial charge in [-0.05, 0) is 58.6 Å². The van der Waals surface area contributed by atoms with Gasteiger partial charge in [-0.1, -0.05) is 19.1 Å². The van der Waals surface area contributed by atoms with Crippen LogP contribution in [0.5, 0.6) is 0 Å². The van der Waals surface area contributed by atoms with Crippen molar-refractivity contribution >= 4 is 23.5 Å². The topological polar surface area (TPSA) is 95.9 Å². The number of ketones is 1. The number of para-hydroxylation sites is 1. The van der Waals surface area contributed by atoms with Crippen LogP contribution in [0, 0.1) is 5.41 Å². The first kappa shape index (κ1) is 21.3. The Bertz CT molecular complexity index is 831. The molecule has 0 aliphatic carbocycles. The number of piperidine rings is 1. The summed E-state index contributed by atoms with van der Waals surface area (Å²) in [7, 11) is 0. The molecule has 0 bridgehead atoms. The van der Waals surface area contributed by atoms with Crippen LogP contribution in [0.15, 0.2) is 24.3 Å². The van der Waals surface area contributed by atoms with Crippen LogP contribution >= 0.6 is 0 Å². The Morgan fingerprint density at radius 1 is 1.28 bits per heavy atom. The Balaban J connectivity index is 1.78. The lowest BCUT2D eigenvalue weighted by atomic mass is 9.64. The number of nitrogens with one attached hydrogen (secondary N) is 1. The third-order valence-electron chi connectivity index (χ3n) is 6.01. The molecule has 1 aromatic rings. The van der Waals surface area contributed by atoms with Crippen LogP contribution in [0.3, 0.4) is 0 Å². The fraction of sp³-hybridized carbons (Fsp3) is 0.591. The highest BCUT2D eigenvalue weighted by atomic mass is 16.6. The molecular weight excluding hydrogens is 372 g/mol. The molecule has 2 N–H and O–H groups in total. The highest BCUT2D eigenvalue weighted by Gasteiger charge is 2.65. The maximum atomic E-state index is 13.2. The average Bonchev–Trinajstić information content (AvgIpc) is 2.89. The zero-order valence-electron chi connectivity index (χ0n) is 17.6. The van der Waals surface area contributed by atoms with E-state index in [4.69, 9.17) is 4.74 Å². The van der Waals surface area contributed by atoms with E-state index in [0.717, 1.165) is 0 Å². The van der Waals surface area contributed by atoms with Gasteiger partial charge in [0.1, 0.15) is 5.60 Å². The molecule has 2 amide bonds. The fourth-order valence-corrected chi connectivity index (χ4v) is 4.58. The van der Waals surface area contributed by atoms with Crippen LogP contribution in [-0.2, 0) is 9.53 Å². The molecule has 0 saturated carbocycles. The SMILES string of the molecule is CCC1(CCCNC(=O)OC(C)(C)C)CCC(=O)N2c3ccccc3C(=O)C21O. The largest absolute Gasteiger partial charge is 0.444 e. The Morgan fingerprint density at radius 2 is 1.97 bits per heavy atom. The molecule has 2 aliphatic rings. The Labute approximate surface area is 171 Å². The van der Waals surface area contributed by atoms with E-state index in [-0.39, 0.29) is 12.3 Å². The molecule has 0 spiro atoms. The monoisotopic (exact) mass is 402 g/mol. The predicted molar refractivity (Wildman–Crippen MR) is 109 cm³/mol. The molecule has 7 nitrogen and oxygen atoms in total. The first-order valence-electron chi connectivity index (χ1n) is 10.2. The summed E-state index contributed by atoms with van der Waals surface area (Å²) in [4.78, 5) is 39.1. The minimum Gasteiger partial charge on any atom is -0.444 e. The maximum absolute atomic E-state index is 13.2. The first-order valence-corrected chi connectivity index (χ1v) is 10.2. The van der Waals surface area contributed by atoms with Gasteiger partial charge in [-0.15, -0.1) is 0 Å². The zero-order valence-corrected chi connectivity index (χ0v) is 17.6. The van der Waals surface area contributed by atoms with Crippen LogP contribution in [-0.4, -0.2) is 40.8 Å². The lowest BCUT2D eigenvalue weighted by molar-refractivity contribution is -0.137. The Hall–Kier alpha value is -2.41. The van der Waals surface area contributed by atoms with Crippen molar-refractivity contribution in [1.82, 2.24) is 5.32 Å². The molecule has 2 atom stereocenters. The summed E-state index contributed by atoms with van der Waals surface area (Å²) >= 11 is 0. The number of carbonyl (C=O) groups is 3. The van der Waals surface area contributed by atoms with Gasteiger partial charge < -0.3 is 15.2 Å². The van der Waals surface area contributed by atoms with E-state index in [2.05, 4.69) is 5.32 Å². The third kappa shape index (κ3) is 3.52. The smallest absolute Gasteiger partial charge is 0.407 e.